The molecule has 23 heavy (non-hydrogen) atoms. The first kappa shape index (κ1) is 15.7. The van der Waals surface area contributed by atoms with Gasteiger partial charge >= 0.3 is 0 Å². The van der Waals surface area contributed by atoms with Crippen LogP contribution in [0.3, 0.4) is 0 Å². The fourth-order valence-corrected chi connectivity index (χ4v) is 2.47. The van der Waals surface area contributed by atoms with E-state index in [1.54, 1.807) is 24.3 Å². The van der Waals surface area contributed by atoms with Gasteiger partial charge in [-0.05, 0) is 49.2 Å². The van der Waals surface area contributed by atoms with Crippen molar-refractivity contribution in [3.8, 4) is 0 Å². The number of benzene rings is 2. The number of hydrogen-bond acceptors (Lipinski definition) is 2. The molecule has 0 saturated heterocycles. The Morgan fingerprint density at radius 2 is 1.87 bits per heavy atom. The Labute approximate surface area is 141 Å². The van der Waals surface area contributed by atoms with Gasteiger partial charge in [-0.1, -0.05) is 22.0 Å². The number of halogens is 2. The summed E-state index contributed by atoms with van der Waals surface area (Å²) in [6, 6.07) is 11.0. The third-order valence-electron chi connectivity index (χ3n) is 3.47. The van der Waals surface area contributed by atoms with Crippen LogP contribution in [0, 0.1) is 5.82 Å². The highest BCUT2D eigenvalue weighted by Crippen LogP contribution is 2.21. The van der Waals surface area contributed by atoms with E-state index in [1.807, 2.05) is 0 Å². The molecule has 3 rings (SSSR count). The lowest BCUT2D eigenvalue weighted by Gasteiger charge is -2.09. The molecule has 0 atom stereocenters. The summed E-state index contributed by atoms with van der Waals surface area (Å²) in [6.07, 6.45) is 2.01. The molecule has 1 aliphatic rings. The van der Waals surface area contributed by atoms with E-state index < -0.39 is 11.7 Å². The van der Waals surface area contributed by atoms with Gasteiger partial charge in [0.2, 0.25) is 0 Å². The summed E-state index contributed by atoms with van der Waals surface area (Å²) in [6.45, 7) is 0. The summed E-state index contributed by atoms with van der Waals surface area (Å²) in [5.74, 6) is -1.34. The second-order valence-electron chi connectivity index (χ2n) is 5.41. The Morgan fingerprint density at radius 1 is 1.09 bits per heavy atom. The van der Waals surface area contributed by atoms with E-state index in [9.17, 15) is 14.0 Å². The van der Waals surface area contributed by atoms with Crippen LogP contribution in [-0.2, 0) is 0 Å². The van der Waals surface area contributed by atoms with Crippen LogP contribution in [0.1, 0.15) is 33.6 Å². The van der Waals surface area contributed by atoms with Crippen molar-refractivity contribution in [3.63, 3.8) is 0 Å². The van der Waals surface area contributed by atoms with Gasteiger partial charge in [-0.2, -0.15) is 0 Å². The maximum absolute atomic E-state index is 13.7. The molecule has 0 heterocycles. The van der Waals surface area contributed by atoms with Gasteiger partial charge in [-0.3, -0.25) is 9.59 Å². The van der Waals surface area contributed by atoms with Crippen molar-refractivity contribution in [1.82, 2.24) is 5.32 Å². The van der Waals surface area contributed by atoms with Crippen LogP contribution in [0.4, 0.5) is 10.1 Å². The first-order valence-corrected chi connectivity index (χ1v) is 7.99. The average Bonchev–Trinajstić information content (AvgIpc) is 3.34. The minimum absolute atomic E-state index is 0.0628. The van der Waals surface area contributed by atoms with E-state index in [-0.39, 0.29) is 17.5 Å². The van der Waals surface area contributed by atoms with Gasteiger partial charge in [0.15, 0.2) is 0 Å². The SMILES string of the molecule is O=C(NC1CC1)c1cccc(NC(=O)c2cc(Br)ccc2F)c1. The molecule has 6 heteroatoms. The van der Waals surface area contributed by atoms with Crippen molar-refractivity contribution in [1.29, 1.82) is 0 Å². The van der Waals surface area contributed by atoms with Crippen LogP contribution in [0.15, 0.2) is 46.9 Å². The van der Waals surface area contributed by atoms with Crippen molar-refractivity contribution >= 4 is 33.4 Å². The van der Waals surface area contributed by atoms with E-state index in [4.69, 9.17) is 0 Å². The quantitative estimate of drug-likeness (QED) is 0.853. The summed E-state index contributed by atoms with van der Waals surface area (Å²) >= 11 is 3.21. The zero-order valence-electron chi connectivity index (χ0n) is 12.1. The topological polar surface area (TPSA) is 58.2 Å². The largest absolute Gasteiger partial charge is 0.349 e. The van der Waals surface area contributed by atoms with Gasteiger partial charge in [0.25, 0.3) is 11.8 Å². The van der Waals surface area contributed by atoms with Gasteiger partial charge < -0.3 is 10.6 Å². The molecule has 0 aliphatic heterocycles. The van der Waals surface area contributed by atoms with Gasteiger partial charge in [-0.15, -0.1) is 0 Å². The van der Waals surface area contributed by atoms with Crippen LogP contribution >= 0.6 is 15.9 Å². The number of carbonyl (C=O) groups excluding carboxylic acids is 2. The Kier molecular flexibility index (Phi) is 4.43. The minimum Gasteiger partial charge on any atom is -0.349 e. The van der Waals surface area contributed by atoms with Gasteiger partial charge in [0, 0.05) is 21.8 Å². The fraction of sp³-hybridized carbons (Fsp3) is 0.176. The van der Waals surface area contributed by atoms with Crippen LogP contribution in [0.25, 0.3) is 0 Å². The fourth-order valence-electron chi connectivity index (χ4n) is 2.10. The van der Waals surface area contributed by atoms with Crippen LogP contribution in [-0.4, -0.2) is 17.9 Å². The standard InChI is InChI=1S/C17H14BrFN2O2/c18-11-4-7-15(19)14(9-11)17(23)21-13-3-1-2-10(8-13)16(22)20-12-5-6-12/h1-4,7-9,12H,5-6H2,(H,20,22)(H,21,23). The second kappa shape index (κ2) is 6.50. The minimum atomic E-state index is -0.603. The molecular formula is C17H14BrFN2O2. The molecule has 4 nitrogen and oxygen atoms in total. The number of rotatable bonds is 4. The highest BCUT2D eigenvalue weighted by atomic mass is 79.9. The maximum atomic E-state index is 13.7. The number of hydrogen-bond donors (Lipinski definition) is 2. The Morgan fingerprint density at radius 3 is 2.61 bits per heavy atom. The molecule has 118 valence electrons. The van der Waals surface area contributed by atoms with Gasteiger partial charge in [0.05, 0.1) is 5.56 Å². The molecule has 1 fully saturated rings. The number of amides is 2. The van der Waals surface area contributed by atoms with Gasteiger partial charge in [0.1, 0.15) is 5.82 Å². The first-order chi connectivity index (χ1) is 11.0. The molecule has 2 amide bonds. The molecular weight excluding hydrogens is 363 g/mol. The molecule has 1 saturated carbocycles. The summed E-state index contributed by atoms with van der Waals surface area (Å²) in [5.41, 5.74) is 0.842. The smallest absolute Gasteiger partial charge is 0.258 e. The molecule has 0 spiro atoms. The normalized spacial score (nSPS) is 13.5. The second-order valence-corrected chi connectivity index (χ2v) is 6.32. The van der Waals surface area contributed by atoms with Gasteiger partial charge in [-0.25, -0.2) is 4.39 Å². The van der Waals surface area contributed by atoms with E-state index in [1.165, 1.54) is 18.2 Å². The van der Waals surface area contributed by atoms with Crippen LogP contribution in [0.5, 0.6) is 0 Å². The molecule has 0 radical (unpaired) electrons. The van der Waals surface area contributed by atoms with E-state index >= 15 is 0 Å². The molecule has 0 bridgehead atoms. The number of anilines is 1. The zero-order valence-corrected chi connectivity index (χ0v) is 13.7. The van der Waals surface area contributed by atoms with E-state index in [0.29, 0.717) is 15.7 Å². The lowest BCUT2D eigenvalue weighted by atomic mass is 10.1. The molecule has 0 aromatic heterocycles. The van der Waals surface area contributed by atoms with Crippen molar-refractivity contribution in [2.45, 2.75) is 18.9 Å². The molecule has 2 N–H and O–H groups in total. The first-order valence-electron chi connectivity index (χ1n) is 7.20. The third-order valence-corrected chi connectivity index (χ3v) is 3.96. The van der Waals surface area contributed by atoms with E-state index in [0.717, 1.165) is 12.8 Å². The lowest BCUT2D eigenvalue weighted by molar-refractivity contribution is 0.0949. The predicted octanol–water partition coefficient (Wildman–Crippen LogP) is 3.73. The molecule has 0 unspecified atom stereocenters. The van der Waals surface area contributed by atoms with Crippen molar-refractivity contribution in [3.05, 3.63) is 63.9 Å². The summed E-state index contributed by atoms with van der Waals surface area (Å²) in [4.78, 5) is 24.2. The summed E-state index contributed by atoms with van der Waals surface area (Å²) in [7, 11) is 0. The Balaban J connectivity index is 1.75. The highest BCUT2D eigenvalue weighted by Gasteiger charge is 2.23. The number of nitrogens with one attached hydrogen (secondary N) is 2. The highest BCUT2D eigenvalue weighted by molar-refractivity contribution is 9.10. The Hall–Kier alpha value is -2.21. The monoisotopic (exact) mass is 376 g/mol. The van der Waals surface area contributed by atoms with Crippen molar-refractivity contribution in [2.24, 2.45) is 0 Å². The molecule has 1 aliphatic carbocycles. The maximum Gasteiger partial charge on any atom is 0.258 e. The van der Waals surface area contributed by atoms with Crippen LogP contribution in [0.2, 0.25) is 0 Å². The number of carbonyl (C=O) groups is 2. The van der Waals surface area contributed by atoms with E-state index in [2.05, 4.69) is 26.6 Å². The van der Waals surface area contributed by atoms with Crippen molar-refractivity contribution < 1.29 is 14.0 Å². The summed E-state index contributed by atoms with van der Waals surface area (Å²) in [5, 5.41) is 5.49. The summed E-state index contributed by atoms with van der Waals surface area (Å²) < 4.78 is 14.3. The lowest BCUT2D eigenvalue weighted by Crippen LogP contribution is -2.25. The molecule has 2 aromatic carbocycles. The average molecular weight is 377 g/mol. The Bertz CT molecular complexity index is 775. The third kappa shape index (κ3) is 3.96. The zero-order chi connectivity index (χ0) is 16.4. The van der Waals surface area contributed by atoms with Crippen molar-refractivity contribution in [2.75, 3.05) is 5.32 Å². The molecule has 2 aromatic rings. The van der Waals surface area contributed by atoms with Crippen LogP contribution < -0.4 is 10.6 Å². The predicted molar refractivity (Wildman–Crippen MR) is 89.0 cm³/mol.